The molecule has 0 spiro atoms. The number of methoxy groups -OCH3 is 1. The Morgan fingerprint density at radius 3 is 2.58 bits per heavy atom. The Kier molecular flexibility index (Phi) is 4.26. The van der Waals surface area contributed by atoms with Gasteiger partial charge in [0.2, 0.25) is 0 Å². The summed E-state index contributed by atoms with van der Waals surface area (Å²) in [5, 5.41) is 5.02. The maximum Gasteiger partial charge on any atom is 0.267 e. The molecule has 0 atom stereocenters. The van der Waals surface area contributed by atoms with E-state index in [-0.39, 0.29) is 27.5 Å². The quantitative estimate of drug-likeness (QED) is 0.447. The number of amides is 2. The van der Waals surface area contributed by atoms with Crippen LogP contribution < -0.4 is 9.64 Å². The fourth-order valence-corrected chi connectivity index (χ4v) is 3.97. The molecular weight excluding hydrogens is 423 g/mol. The van der Waals surface area contributed by atoms with Crippen LogP contribution in [0.25, 0.3) is 16.7 Å². The average Bonchev–Trinajstić information content (AvgIpc) is 3.22. The molecule has 1 aliphatic rings. The number of imide groups is 1. The number of halogens is 2. The lowest BCUT2D eigenvalue weighted by Crippen LogP contribution is -2.29. The first kappa shape index (κ1) is 19.2. The zero-order valence-electron chi connectivity index (χ0n) is 16.4. The van der Waals surface area contributed by atoms with Crippen LogP contribution in [0.15, 0.2) is 48.7 Å². The number of carbonyl (C=O) groups excluding carboxylic acids is 2. The van der Waals surface area contributed by atoms with Gasteiger partial charge in [0.25, 0.3) is 11.8 Å². The Labute approximate surface area is 180 Å². The van der Waals surface area contributed by atoms with E-state index in [0.29, 0.717) is 22.5 Å². The van der Waals surface area contributed by atoms with Gasteiger partial charge in [-0.3, -0.25) is 9.59 Å². The number of hydrogen-bond acceptors (Lipinski definition) is 5. The Morgan fingerprint density at radius 1 is 1.06 bits per heavy atom. The van der Waals surface area contributed by atoms with Crippen molar-refractivity contribution < 1.29 is 18.7 Å². The van der Waals surface area contributed by atoms with Crippen LogP contribution in [0.4, 0.5) is 10.1 Å². The van der Waals surface area contributed by atoms with Gasteiger partial charge in [-0.05, 0) is 37.3 Å². The van der Waals surface area contributed by atoms with Crippen LogP contribution >= 0.6 is 11.6 Å². The Balaban J connectivity index is 1.73. The molecule has 0 N–H and O–H groups in total. The molecule has 154 valence electrons. The molecule has 2 aromatic carbocycles. The van der Waals surface area contributed by atoms with E-state index in [1.807, 2.05) is 0 Å². The second kappa shape index (κ2) is 6.88. The smallest absolute Gasteiger partial charge is 0.267 e. The molecule has 2 amide bonds. The first-order valence-electron chi connectivity index (χ1n) is 9.28. The number of nitrogens with zero attached hydrogens (tertiary/aromatic N) is 4. The van der Waals surface area contributed by atoms with Crippen molar-refractivity contribution in [3.05, 3.63) is 76.3 Å². The van der Waals surface area contributed by atoms with Crippen molar-refractivity contribution in [1.29, 1.82) is 0 Å². The van der Waals surface area contributed by atoms with Crippen molar-refractivity contribution in [3.63, 3.8) is 0 Å². The third-order valence-electron chi connectivity index (χ3n) is 5.19. The van der Waals surface area contributed by atoms with E-state index in [4.69, 9.17) is 16.3 Å². The van der Waals surface area contributed by atoms with Crippen LogP contribution in [-0.4, -0.2) is 33.7 Å². The molecule has 0 radical (unpaired) electrons. The summed E-state index contributed by atoms with van der Waals surface area (Å²) in [6.07, 6.45) is 1.32. The van der Waals surface area contributed by atoms with Crippen molar-refractivity contribution in [2.24, 2.45) is 0 Å². The van der Waals surface area contributed by atoms with Gasteiger partial charge in [0.05, 0.1) is 35.0 Å². The molecule has 0 fully saturated rings. The first-order chi connectivity index (χ1) is 14.9. The highest BCUT2D eigenvalue weighted by Crippen LogP contribution is 2.38. The van der Waals surface area contributed by atoms with Crippen LogP contribution in [0.3, 0.4) is 0 Å². The lowest BCUT2D eigenvalue weighted by Gasteiger charge is -2.16. The number of fused-ring (bicyclic) bond motifs is 3. The highest BCUT2D eigenvalue weighted by Gasteiger charge is 2.41. The van der Waals surface area contributed by atoms with Gasteiger partial charge in [-0.1, -0.05) is 23.7 Å². The minimum absolute atomic E-state index is 0.133. The summed E-state index contributed by atoms with van der Waals surface area (Å²) in [6.45, 7) is 1.68. The summed E-state index contributed by atoms with van der Waals surface area (Å²) < 4.78 is 21.2. The molecule has 0 unspecified atom stereocenters. The Hall–Kier alpha value is -3.78. The van der Waals surface area contributed by atoms with E-state index in [1.165, 1.54) is 36.2 Å². The predicted octanol–water partition coefficient (Wildman–Crippen LogP) is 4.33. The molecule has 0 bridgehead atoms. The predicted molar refractivity (Wildman–Crippen MR) is 113 cm³/mol. The molecule has 7 nitrogen and oxygen atoms in total. The van der Waals surface area contributed by atoms with E-state index in [0.717, 1.165) is 4.90 Å². The zero-order valence-corrected chi connectivity index (χ0v) is 17.1. The summed E-state index contributed by atoms with van der Waals surface area (Å²) in [5.41, 5.74) is 1.50. The number of hydrogen-bond donors (Lipinski definition) is 0. The van der Waals surface area contributed by atoms with Gasteiger partial charge in [-0.15, -0.1) is 0 Å². The highest BCUT2D eigenvalue weighted by molar-refractivity contribution is 6.37. The van der Waals surface area contributed by atoms with E-state index in [9.17, 15) is 14.0 Å². The molecule has 3 heterocycles. The molecular formula is C22H14ClFN4O3. The van der Waals surface area contributed by atoms with E-state index in [1.54, 1.807) is 31.2 Å². The number of carbonyl (C=O) groups is 2. The fourth-order valence-electron chi connectivity index (χ4n) is 3.81. The van der Waals surface area contributed by atoms with Crippen LogP contribution in [0.5, 0.6) is 5.75 Å². The van der Waals surface area contributed by atoms with Crippen LogP contribution in [-0.2, 0) is 0 Å². The SMILES string of the molecule is COc1ccccc1N1C(=O)c2cnc3c(c(C)nn3-c3ccc(Cl)cc3F)c2C1=O. The maximum atomic E-state index is 14.5. The highest BCUT2D eigenvalue weighted by atomic mass is 35.5. The molecule has 5 rings (SSSR count). The van der Waals surface area contributed by atoms with Gasteiger partial charge in [-0.2, -0.15) is 5.10 Å². The molecule has 4 aromatic rings. The second-order valence-electron chi connectivity index (χ2n) is 6.96. The minimum Gasteiger partial charge on any atom is -0.495 e. The van der Waals surface area contributed by atoms with Gasteiger partial charge in [-0.25, -0.2) is 19.0 Å². The van der Waals surface area contributed by atoms with Crippen molar-refractivity contribution in [2.45, 2.75) is 6.92 Å². The van der Waals surface area contributed by atoms with Crippen molar-refractivity contribution in [1.82, 2.24) is 14.8 Å². The molecule has 1 aliphatic heterocycles. The lowest BCUT2D eigenvalue weighted by atomic mass is 10.1. The van der Waals surface area contributed by atoms with Crippen molar-refractivity contribution >= 4 is 40.1 Å². The van der Waals surface area contributed by atoms with Gasteiger partial charge >= 0.3 is 0 Å². The number of anilines is 1. The minimum atomic E-state index is -0.586. The third-order valence-corrected chi connectivity index (χ3v) is 5.42. The molecule has 9 heteroatoms. The third kappa shape index (κ3) is 2.72. The summed E-state index contributed by atoms with van der Waals surface area (Å²) in [7, 11) is 1.46. The average molecular weight is 437 g/mol. The summed E-state index contributed by atoms with van der Waals surface area (Å²) in [6, 6.07) is 10.9. The van der Waals surface area contributed by atoms with E-state index in [2.05, 4.69) is 10.1 Å². The standard InChI is InChI=1S/C22H14ClFN4O3/c1-11-18-19-13(21(29)27(22(19)30)16-5-3-4-6-17(16)31-2)10-25-20(18)28(26-11)15-8-7-12(23)9-14(15)24/h3-10H,1-2H3. The molecule has 0 aliphatic carbocycles. The maximum absolute atomic E-state index is 14.5. The normalized spacial score (nSPS) is 13.2. The van der Waals surface area contributed by atoms with Crippen molar-refractivity contribution in [2.75, 3.05) is 12.0 Å². The number of ether oxygens (including phenoxy) is 1. The van der Waals surface area contributed by atoms with E-state index < -0.39 is 17.6 Å². The monoisotopic (exact) mass is 436 g/mol. The van der Waals surface area contributed by atoms with Gasteiger partial charge < -0.3 is 4.74 Å². The number of aryl methyl sites for hydroxylation is 1. The van der Waals surface area contributed by atoms with Crippen LogP contribution in [0.1, 0.15) is 26.4 Å². The Bertz CT molecular complexity index is 1420. The van der Waals surface area contributed by atoms with E-state index >= 15 is 0 Å². The van der Waals surface area contributed by atoms with Crippen LogP contribution in [0, 0.1) is 12.7 Å². The first-order valence-corrected chi connectivity index (χ1v) is 9.65. The zero-order chi connectivity index (χ0) is 21.9. The number of aromatic nitrogens is 3. The second-order valence-corrected chi connectivity index (χ2v) is 7.39. The molecule has 0 saturated heterocycles. The lowest BCUT2D eigenvalue weighted by molar-refractivity contribution is 0.0925. The Morgan fingerprint density at radius 2 is 1.84 bits per heavy atom. The molecule has 2 aromatic heterocycles. The largest absolute Gasteiger partial charge is 0.495 e. The van der Waals surface area contributed by atoms with Crippen LogP contribution in [0.2, 0.25) is 5.02 Å². The number of pyridine rings is 1. The summed E-state index contributed by atoms with van der Waals surface area (Å²) >= 11 is 5.86. The van der Waals surface area contributed by atoms with Gasteiger partial charge in [0, 0.05) is 11.2 Å². The topological polar surface area (TPSA) is 77.3 Å². The summed E-state index contributed by atoms with van der Waals surface area (Å²) in [4.78, 5) is 31.9. The van der Waals surface area contributed by atoms with Gasteiger partial charge in [0.15, 0.2) is 5.65 Å². The molecule has 31 heavy (non-hydrogen) atoms. The van der Waals surface area contributed by atoms with Gasteiger partial charge in [0.1, 0.15) is 17.3 Å². The summed E-state index contributed by atoms with van der Waals surface area (Å²) in [5.74, 6) is -1.23. The molecule has 0 saturated carbocycles. The number of benzene rings is 2. The number of para-hydroxylation sites is 2. The fraction of sp³-hybridized carbons (Fsp3) is 0.0909. The van der Waals surface area contributed by atoms with Crippen molar-refractivity contribution in [3.8, 4) is 11.4 Å². The number of rotatable bonds is 3.